The molecule has 110 valence electrons. The highest BCUT2D eigenvalue weighted by atomic mass is 35.5. The minimum absolute atomic E-state index is 0.459. The van der Waals surface area contributed by atoms with E-state index in [0.29, 0.717) is 21.8 Å². The van der Waals surface area contributed by atoms with Crippen LogP contribution in [0.5, 0.6) is 0 Å². The Labute approximate surface area is 133 Å². The number of anilines is 1. The first-order valence-electron chi connectivity index (χ1n) is 6.66. The van der Waals surface area contributed by atoms with Crippen LogP contribution < -0.4 is 5.32 Å². The molecule has 2 aromatic rings. The number of halogens is 1. The standard InChI is InChI=1S/C17H13ClN2O2/c1-2-17(12-6-4-3-5-7-12)14-10-13(18)8-9-15(14)19-16(22)20(17)11-21/h1,3-10,21H,11H2,(H,19,22). The van der Waals surface area contributed by atoms with Gasteiger partial charge in [0, 0.05) is 16.3 Å². The number of terminal acetylenes is 1. The van der Waals surface area contributed by atoms with Crippen molar-refractivity contribution in [1.29, 1.82) is 0 Å². The van der Waals surface area contributed by atoms with E-state index in [9.17, 15) is 9.90 Å². The summed E-state index contributed by atoms with van der Waals surface area (Å²) in [5.74, 6) is 2.70. The summed E-state index contributed by atoms with van der Waals surface area (Å²) in [6.45, 7) is -0.517. The lowest BCUT2D eigenvalue weighted by atomic mass is 9.80. The van der Waals surface area contributed by atoms with Gasteiger partial charge in [-0.1, -0.05) is 47.9 Å². The molecule has 0 fully saturated rings. The summed E-state index contributed by atoms with van der Waals surface area (Å²) in [5.41, 5.74) is 0.742. The SMILES string of the molecule is C#CC1(c2ccccc2)c2cc(Cl)ccc2NC(=O)N1CO. The Morgan fingerprint density at radius 3 is 2.64 bits per heavy atom. The molecule has 1 aliphatic heterocycles. The predicted molar refractivity (Wildman–Crippen MR) is 85.5 cm³/mol. The van der Waals surface area contributed by atoms with Crippen LogP contribution in [0.4, 0.5) is 10.5 Å². The van der Waals surface area contributed by atoms with Crippen molar-refractivity contribution >= 4 is 23.3 Å². The zero-order chi connectivity index (χ0) is 15.7. The first-order chi connectivity index (χ1) is 10.6. The molecular weight excluding hydrogens is 300 g/mol. The number of nitrogens with zero attached hydrogens (tertiary/aromatic N) is 1. The van der Waals surface area contributed by atoms with Gasteiger partial charge in [0.25, 0.3) is 0 Å². The van der Waals surface area contributed by atoms with Gasteiger partial charge >= 0.3 is 6.03 Å². The Bertz CT molecular complexity index is 770. The largest absolute Gasteiger partial charge is 0.376 e. The average molecular weight is 313 g/mol. The molecular formula is C17H13ClN2O2. The molecule has 0 saturated heterocycles. The number of hydrogen-bond acceptors (Lipinski definition) is 2. The van der Waals surface area contributed by atoms with E-state index in [1.165, 1.54) is 4.90 Å². The highest BCUT2D eigenvalue weighted by Gasteiger charge is 2.46. The number of carbonyl (C=O) groups is 1. The number of hydrogen-bond donors (Lipinski definition) is 2. The normalized spacial score (nSPS) is 20.0. The molecule has 1 heterocycles. The number of fused-ring (bicyclic) bond motifs is 1. The summed E-state index contributed by atoms with van der Waals surface area (Å²) < 4.78 is 0. The number of nitrogens with one attached hydrogen (secondary N) is 1. The third-order valence-electron chi connectivity index (χ3n) is 3.80. The summed E-state index contributed by atoms with van der Waals surface area (Å²) in [6, 6.07) is 13.8. The summed E-state index contributed by atoms with van der Waals surface area (Å²) in [6.07, 6.45) is 5.84. The lowest BCUT2D eigenvalue weighted by molar-refractivity contribution is 0.0844. The Morgan fingerprint density at radius 2 is 2.00 bits per heavy atom. The third-order valence-corrected chi connectivity index (χ3v) is 4.04. The van der Waals surface area contributed by atoms with Crippen molar-refractivity contribution < 1.29 is 9.90 Å². The first kappa shape index (κ1) is 14.5. The van der Waals surface area contributed by atoms with Crippen molar-refractivity contribution in [2.24, 2.45) is 0 Å². The molecule has 0 saturated carbocycles. The molecule has 4 nitrogen and oxygen atoms in total. The van der Waals surface area contributed by atoms with E-state index in [0.717, 1.165) is 0 Å². The molecule has 0 radical (unpaired) electrons. The lowest BCUT2D eigenvalue weighted by Crippen LogP contribution is -2.55. The molecule has 22 heavy (non-hydrogen) atoms. The topological polar surface area (TPSA) is 52.6 Å². The highest BCUT2D eigenvalue weighted by molar-refractivity contribution is 6.30. The average Bonchev–Trinajstić information content (AvgIpc) is 2.55. The van der Waals surface area contributed by atoms with Crippen molar-refractivity contribution in [3.8, 4) is 12.3 Å². The van der Waals surface area contributed by atoms with Crippen LogP contribution in [0.2, 0.25) is 5.02 Å². The minimum atomic E-state index is -1.21. The zero-order valence-corrected chi connectivity index (χ0v) is 12.3. The van der Waals surface area contributed by atoms with E-state index >= 15 is 0 Å². The van der Waals surface area contributed by atoms with Crippen LogP contribution in [0, 0.1) is 12.3 Å². The second-order valence-corrected chi connectivity index (χ2v) is 5.35. The van der Waals surface area contributed by atoms with Gasteiger partial charge in [-0.3, -0.25) is 4.90 Å². The number of aliphatic hydroxyl groups is 1. The fourth-order valence-electron chi connectivity index (χ4n) is 2.81. The van der Waals surface area contributed by atoms with Crippen LogP contribution in [-0.4, -0.2) is 22.8 Å². The Hall–Kier alpha value is -2.48. The van der Waals surface area contributed by atoms with Crippen molar-refractivity contribution in [2.45, 2.75) is 5.54 Å². The molecule has 0 aromatic heterocycles. The summed E-state index contributed by atoms with van der Waals surface area (Å²) in [7, 11) is 0. The van der Waals surface area contributed by atoms with Gasteiger partial charge in [-0.15, -0.1) is 6.42 Å². The molecule has 2 aromatic carbocycles. The highest BCUT2D eigenvalue weighted by Crippen LogP contribution is 2.43. The number of amides is 2. The van der Waals surface area contributed by atoms with Crippen LogP contribution in [0.3, 0.4) is 0 Å². The first-order valence-corrected chi connectivity index (χ1v) is 7.04. The zero-order valence-electron chi connectivity index (χ0n) is 11.6. The fourth-order valence-corrected chi connectivity index (χ4v) is 2.98. The number of benzene rings is 2. The predicted octanol–water partition coefficient (Wildman–Crippen LogP) is 3.01. The quantitative estimate of drug-likeness (QED) is 0.838. The summed E-state index contributed by atoms with van der Waals surface area (Å²) in [5, 5.41) is 12.9. The molecule has 5 heteroatoms. The van der Waals surface area contributed by atoms with Crippen molar-refractivity contribution in [1.82, 2.24) is 4.90 Å². The Kier molecular flexibility index (Phi) is 3.53. The van der Waals surface area contributed by atoms with E-state index in [-0.39, 0.29) is 0 Å². The Morgan fingerprint density at radius 1 is 1.27 bits per heavy atom. The maximum atomic E-state index is 12.3. The van der Waals surface area contributed by atoms with Crippen molar-refractivity contribution in [2.75, 3.05) is 12.0 Å². The summed E-state index contributed by atoms with van der Waals surface area (Å²) >= 11 is 6.11. The second kappa shape index (κ2) is 5.38. The third kappa shape index (κ3) is 1.95. The molecule has 1 atom stereocenters. The summed E-state index contributed by atoms with van der Waals surface area (Å²) in [4.78, 5) is 13.6. The molecule has 2 N–H and O–H groups in total. The van der Waals surface area contributed by atoms with E-state index in [2.05, 4.69) is 11.2 Å². The number of aliphatic hydroxyl groups excluding tert-OH is 1. The van der Waals surface area contributed by atoms with Crippen LogP contribution in [0.1, 0.15) is 11.1 Å². The van der Waals surface area contributed by atoms with Gasteiger partial charge in [0.2, 0.25) is 0 Å². The van der Waals surface area contributed by atoms with Gasteiger partial charge in [0.1, 0.15) is 6.73 Å². The number of urea groups is 1. The fraction of sp³-hybridized carbons (Fsp3) is 0.118. The monoisotopic (exact) mass is 312 g/mol. The van der Waals surface area contributed by atoms with E-state index < -0.39 is 18.3 Å². The lowest BCUT2D eigenvalue weighted by Gasteiger charge is -2.44. The molecule has 1 aliphatic rings. The van der Waals surface area contributed by atoms with Crippen LogP contribution in [0.15, 0.2) is 48.5 Å². The molecule has 0 aliphatic carbocycles. The molecule has 1 unspecified atom stereocenters. The molecule has 3 rings (SSSR count). The van der Waals surface area contributed by atoms with Gasteiger partial charge < -0.3 is 10.4 Å². The van der Waals surface area contributed by atoms with E-state index in [1.54, 1.807) is 18.2 Å². The molecule has 0 bridgehead atoms. The number of rotatable bonds is 2. The molecule has 0 spiro atoms. The van der Waals surface area contributed by atoms with Gasteiger partial charge in [0.15, 0.2) is 5.54 Å². The minimum Gasteiger partial charge on any atom is -0.376 e. The molecule has 2 amide bonds. The Balaban J connectivity index is 2.37. The van der Waals surface area contributed by atoms with E-state index in [4.69, 9.17) is 18.0 Å². The maximum Gasteiger partial charge on any atom is 0.325 e. The van der Waals surface area contributed by atoms with Gasteiger partial charge in [0.05, 0.1) is 0 Å². The van der Waals surface area contributed by atoms with Gasteiger partial charge in [-0.2, -0.15) is 0 Å². The van der Waals surface area contributed by atoms with Crippen LogP contribution in [0.25, 0.3) is 0 Å². The smallest absolute Gasteiger partial charge is 0.325 e. The van der Waals surface area contributed by atoms with Crippen LogP contribution in [-0.2, 0) is 5.54 Å². The van der Waals surface area contributed by atoms with Crippen molar-refractivity contribution in [3.05, 3.63) is 64.7 Å². The second-order valence-electron chi connectivity index (χ2n) is 4.91. The van der Waals surface area contributed by atoms with Crippen molar-refractivity contribution in [3.63, 3.8) is 0 Å². The maximum absolute atomic E-state index is 12.3. The van der Waals surface area contributed by atoms with Crippen LogP contribution >= 0.6 is 11.6 Å². The van der Waals surface area contributed by atoms with E-state index in [1.807, 2.05) is 30.3 Å². The van der Waals surface area contributed by atoms with Gasteiger partial charge in [-0.25, -0.2) is 4.79 Å². The number of carbonyl (C=O) groups excluding carboxylic acids is 1. The van der Waals surface area contributed by atoms with Gasteiger partial charge in [-0.05, 0) is 23.8 Å².